The van der Waals surface area contributed by atoms with Crippen LogP contribution in [0.25, 0.3) is 0 Å². The second-order valence-electron chi connectivity index (χ2n) is 7.11. The molecule has 8 nitrogen and oxygen atoms in total. The molecule has 0 saturated carbocycles. The number of piperidine rings is 1. The summed E-state index contributed by atoms with van der Waals surface area (Å²) in [5.41, 5.74) is 0.540. The van der Waals surface area contributed by atoms with Crippen LogP contribution in [0.15, 0.2) is 29.2 Å². The fourth-order valence-electron chi connectivity index (χ4n) is 3.60. The van der Waals surface area contributed by atoms with E-state index in [2.05, 4.69) is 5.32 Å². The number of benzene rings is 1. The number of nitrogens with zero attached hydrogens (tertiary/aromatic N) is 2. The average molecular weight is 410 g/mol. The van der Waals surface area contributed by atoms with Crippen LogP contribution in [-0.2, 0) is 19.6 Å². The van der Waals surface area contributed by atoms with E-state index in [-0.39, 0.29) is 16.7 Å². The van der Waals surface area contributed by atoms with Crippen molar-refractivity contribution in [3.63, 3.8) is 0 Å². The number of carbonyl (C=O) groups excluding carboxylic acids is 2. The lowest BCUT2D eigenvalue weighted by Crippen LogP contribution is -2.44. The Morgan fingerprint density at radius 3 is 2.43 bits per heavy atom. The molecule has 2 heterocycles. The van der Waals surface area contributed by atoms with Crippen molar-refractivity contribution in [2.24, 2.45) is 5.92 Å². The zero-order chi connectivity index (χ0) is 20.1. The second kappa shape index (κ2) is 8.91. The molecule has 9 heteroatoms. The van der Waals surface area contributed by atoms with E-state index in [1.807, 2.05) is 0 Å². The van der Waals surface area contributed by atoms with Crippen LogP contribution in [-0.4, -0.2) is 62.4 Å². The van der Waals surface area contributed by atoms with Gasteiger partial charge in [-0.05, 0) is 56.9 Å². The third-order valence-electron chi connectivity index (χ3n) is 5.14. The van der Waals surface area contributed by atoms with Crippen molar-refractivity contribution in [2.75, 3.05) is 38.1 Å². The number of rotatable bonds is 5. The van der Waals surface area contributed by atoms with Crippen LogP contribution in [0.4, 0.5) is 10.5 Å². The van der Waals surface area contributed by atoms with Crippen LogP contribution < -0.4 is 5.32 Å². The van der Waals surface area contributed by atoms with E-state index in [0.717, 1.165) is 19.3 Å². The Morgan fingerprint density at radius 2 is 1.79 bits per heavy atom. The largest absolute Gasteiger partial charge is 0.450 e. The van der Waals surface area contributed by atoms with Crippen molar-refractivity contribution in [2.45, 2.75) is 37.5 Å². The quantitative estimate of drug-likeness (QED) is 0.805. The summed E-state index contributed by atoms with van der Waals surface area (Å²) in [4.78, 5) is 26.2. The van der Waals surface area contributed by atoms with Gasteiger partial charge in [-0.15, -0.1) is 0 Å². The Bertz CT molecular complexity index is 803. The van der Waals surface area contributed by atoms with Crippen molar-refractivity contribution >= 4 is 27.7 Å². The maximum atomic E-state index is 12.6. The average Bonchev–Trinajstić information content (AvgIpc) is 3.24. The molecule has 1 N–H and O–H groups in total. The highest BCUT2D eigenvalue weighted by Crippen LogP contribution is 2.23. The molecule has 0 aliphatic carbocycles. The molecular formula is C19H27N3O5S. The number of hydrogen-bond donors (Lipinski definition) is 1. The highest BCUT2D eigenvalue weighted by molar-refractivity contribution is 7.89. The molecular weight excluding hydrogens is 382 g/mol. The molecule has 0 bridgehead atoms. The summed E-state index contributed by atoms with van der Waals surface area (Å²) in [6, 6.07) is 6.25. The third-order valence-corrected chi connectivity index (χ3v) is 7.06. The maximum absolute atomic E-state index is 12.6. The van der Waals surface area contributed by atoms with Gasteiger partial charge in [0.05, 0.1) is 17.4 Å². The number of nitrogens with one attached hydrogen (secondary N) is 1. The smallest absolute Gasteiger partial charge is 0.409 e. The molecule has 0 spiro atoms. The van der Waals surface area contributed by atoms with E-state index in [1.54, 1.807) is 24.0 Å². The number of likely N-dealkylation sites (tertiary alicyclic amines) is 1. The van der Waals surface area contributed by atoms with Gasteiger partial charge >= 0.3 is 6.09 Å². The Labute approximate surface area is 165 Å². The number of anilines is 1. The minimum atomic E-state index is -3.46. The normalized spacial score (nSPS) is 20.8. The van der Waals surface area contributed by atoms with E-state index in [1.165, 1.54) is 16.4 Å². The number of ether oxygens (including phenoxy) is 1. The summed E-state index contributed by atoms with van der Waals surface area (Å²) in [7, 11) is -3.46. The van der Waals surface area contributed by atoms with E-state index in [9.17, 15) is 18.0 Å². The van der Waals surface area contributed by atoms with Gasteiger partial charge in [0.1, 0.15) is 0 Å². The van der Waals surface area contributed by atoms with Crippen LogP contribution in [0, 0.1) is 5.92 Å². The van der Waals surface area contributed by atoms with Gasteiger partial charge in [-0.3, -0.25) is 4.79 Å². The second-order valence-corrected chi connectivity index (χ2v) is 9.05. The SMILES string of the molecule is CCOC(=O)N1CCC[C@H](C(=O)Nc2ccc(S(=O)(=O)N3CCCC3)cc2)C1. The number of sulfonamides is 1. The molecule has 1 aromatic carbocycles. The Morgan fingerprint density at radius 1 is 1.11 bits per heavy atom. The van der Waals surface area contributed by atoms with Gasteiger partial charge in [0.15, 0.2) is 0 Å². The van der Waals surface area contributed by atoms with Gasteiger partial charge in [0.2, 0.25) is 15.9 Å². The fourth-order valence-corrected chi connectivity index (χ4v) is 5.12. The summed E-state index contributed by atoms with van der Waals surface area (Å²) in [6.45, 7) is 4.08. The van der Waals surface area contributed by atoms with E-state index < -0.39 is 16.1 Å². The third kappa shape index (κ3) is 4.64. The highest BCUT2D eigenvalue weighted by atomic mass is 32.2. The van der Waals surface area contributed by atoms with Gasteiger partial charge in [-0.2, -0.15) is 4.31 Å². The van der Waals surface area contributed by atoms with Gasteiger partial charge < -0.3 is 15.0 Å². The molecule has 2 aliphatic heterocycles. The molecule has 2 amide bonds. The van der Waals surface area contributed by atoms with Crippen molar-refractivity contribution in [1.82, 2.24) is 9.21 Å². The molecule has 2 fully saturated rings. The first-order valence-corrected chi connectivity index (χ1v) is 11.2. The van der Waals surface area contributed by atoms with Crippen molar-refractivity contribution < 1.29 is 22.7 Å². The Hall–Kier alpha value is -2.13. The van der Waals surface area contributed by atoms with Gasteiger partial charge in [-0.25, -0.2) is 13.2 Å². The topological polar surface area (TPSA) is 96.0 Å². The molecule has 1 atom stereocenters. The molecule has 1 aromatic rings. The highest BCUT2D eigenvalue weighted by Gasteiger charge is 2.30. The van der Waals surface area contributed by atoms with Crippen LogP contribution in [0.5, 0.6) is 0 Å². The van der Waals surface area contributed by atoms with Crippen LogP contribution in [0.2, 0.25) is 0 Å². The fraction of sp³-hybridized carbons (Fsp3) is 0.579. The molecule has 2 saturated heterocycles. The van der Waals surface area contributed by atoms with Crippen LogP contribution in [0.1, 0.15) is 32.6 Å². The first kappa shape index (κ1) is 20.6. The number of carbonyl (C=O) groups is 2. The van der Waals surface area contributed by atoms with Crippen molar-refractivity contribution in [1.29, 1.82) is 0 Å². The minimum absolute atomic E-state index is 0.177. The Balaban J connectivity index is 1.60. The first-order chi connectivity index (χ1) is 13.4. The predicted octanol–water partition coefficient (Wildman–Crippen LogP) is 2.28. The Kier molecular flexibility index (Phi) is 6.56. The standard InChI is InChI=1S/C19H27N3O5S/c1-2-27-19(24)21-11-5-6-15(14-21)18(23)20-16-7-9-17(10-8-16)28(25,26)22-12-3-4-13-22/h7-10,15H,2-6,11-14H2,1H3,(H,20,23)/t15-/m0/s1. The van der Waals surface area contributed by atoms with E-state index in [4.69, 9.17) is 4.74 Å². The molecule has 154 valence electrons. The molecule has 3 rings (SSSR count). The minimum Gasteiger partial charge on any atom is -0.450 e. The number of hydrogen-bond acceptors (Lipinski definition) is 5. The molecule has 28 heavy (non-hydrogen) atoms. The monoisotopic (exact) mass is 409 g/mol. The summed E-state index contributed by atoms with van der Waals surface area (Å²) < 4.78 is 31.6. The van der Waals surface area contributed by atoms with Gasteiger partial charge in [0.25, 0.3) is 0 Å². The zero-order valence-corrected chi connectivity index (χ0v) is 16.9. The molecule has 0 radical (unpaired) electrons. The maximum Gasteiger partial charge on any atom is 0.409 e. The van der Waals surface area contributed by atoms with Crippen molar-refractivity contribution in [3.8, 4) is 0 Å². The lowest BCUT2D eigenvalue weighted by Gasteiger charge is -2.31. The van der Waals surface area contributed by atoms with E-state index >= 15 is 0 Å². The lowest BCUT2D eigenvalue weighted by molar-refractivity contribution is -0.121. The van der Waals surface area contributed by atoms with Crippen molar-refractivity contribution in [3.05, 3.63) is 24.3 Å². The molecule has 2 aliphatic rings. The summed E-state index contributed by atoms with van der Waals surface area (Å²) >= 11 is 0. The van der Waals surface area contributed by atoms with Crippen LogP contribution in [0.3, 0.4) is 0 Å². The van der Waals surface area contributed by atoms with E-state index in [0.29, 0.717) is 44.9 Å². The molecule has 0 unspecified atom stereocenters. The summed E-state index contributed by atoms with van der Waals surface area (Å²) in [5.74, 6) is -0.490. The lowest BCUT2D eigenvalue weighted by atomic mass is 9.97. The molecule has 0 aromatic heterocycles. The van der Waals surface area contributed by atoms with Gasteiger partial charge in [0, 0.05) is 31.9 Å². The summed E-state index contributed by atoms with van der Waals surface area (Å²) in [6.07, 6.45) is 2.82. The van der Waals surface area contributed by atoms with Gasteiger partial charge in [-0.1, -0.05) is 0 Å². The number of amides is 2. The van der Waals surface area contributed by atoms with Crippen LogP contribution >= 0.6 is 0 Å². The first-order valence-electron chi connectivity index (χ1n) is 9.74. The zero-order valence-electron chi connectivity index (χ0n) is 16.1. The summed E-state index contributed by atoms with van der Waals surface area (Å²) in [5, 5.41) is 2.83. The predicted molar refractivity (Wildman–Crippen MR) is 104 cm³/mol.